The Morgan fingerprint density at radius 1 is 1.28 bits per heavy atom. The van der Waals surface area contributed by atoms with Crippen LogP contribution in [0.25, 0.3) is 0 Å². The van der Waals surface area contributed by atoms with E-state index in [1.807, 2.05) is 18.2 Å². The first-order valence-electron chi connectivity index (χ1n) is 11.1. The Hall–Kier alpha value is -2.35. The Morgan fingerprint density at radius 3 is 2.66 bits per heavy atom. The first kappa shape index (κ1) is 24.3. The Bertz CT molecular complexity index is 1040. The zero-order valence-electron chi connectivity index (χ0n) is 19.5. The number of anilines is 2. The highest BCUT2D eigenvalue weighted by Crippen LogP contribution is 2.48. The molecule has 8 heteroatoms. The van der Waals surface area contributed by atoms with Crippen LogP contribution in [0, 0.1) is 23.2 Å². The smallest absolute Gasteiger partial charge is 0.283 e. The molecule has 0 unspecified atom stereocenters. The van der Waals surface area contributed by atoms with E-state index in [1.165, 1.54) is 0 Å². The minimum Gasteiger partial charge on any atom is -0.398 e. The zero-order valence-corrected chi connectivity index (χ0v) is 21.1. The predicted molar refractivity (Wildman–Crippen MR) is 132 cm³/mol. The van der Waals surface area contributed by atoms with Crippen molar-refractivity contribution in [2.75, 3.05) is 11.1 Å². The fraction of sp³-hybridized carbons (Fsp3) is 0.542. The van der Waals surface area contributed by atoms with Crippen molar-refractivity contribution >= 4 is 33.2 Å². The summed E-state index contributed by atoms with van der Waals surface area (Å²) in [7, 11) is 0. The maximum Gasteiger partial charge on any atom is 0.283 e. The third-order valence-corrected chi connectivity index (χ3v) is 8.39. The molecule has 7 nitrogen and oxygen atoms in total. The summed E-state index contributed by atoms with van der Waals surface area (Å²) < 4.78 is 1.56. The van der Waals surface area contributed by atoms with Crippen LogP contribution in [-0.2, 0) is 17.9 Å². The van der Waals surface area contributed by atoms with Gasteiger partial charge in [-0.1, -0.05) is 52.8 Å². The summed E-state index contributed by atoms with van der Waals surface area (Å²) in [6, 6.07) is 7.59. The minimum absolute atomic E-state index is 0.160. The van der Waals surface area contributed by atoms with Crippen LogP contribution in [-0.4, -0.2) is 21.7 Å². The molecule has 1 fully saturated rings. The normalized spacial score (nSPS) is 24.7. The molecule has 0 bridgehead atoms. The number of carbonyl (C=O) groups is 1. The Kier molecular flexibility index (Phi) is 7.32. The first-order valence-corrected chi connectivity index (χ1v) is 11.9. The Balaban J connectivity index is 1.67. The molecule has 4 atom stereocenters. The number of hydrogen-bond acceptors (Lipinski definition) is 5. The van der Waals surface area contributed by atoms with Crippen LogP contribution < -0.4 is 21.9 Å². The molecule has 1 aliphatic carbocycles. The highest BCUT2D eigenvalue weighted by atomic mass is 79.9. The number of nitrogen functional groups attached to an aromatic ring is 1. The van der Waals surface area contributed by atoms with Crippen LogP contribution in [0.5, 0.6) is 0 Å². The summed E-state index contributed by atoms with van der Waals surface area (Å²) in [4.78, 5) is 25.2. The molecule has 2 aromatic rings. The molecule has 3 rings (SSSR count). The molecule has 1 saturated carbocycles. The van der Waals surface area contributed by atoms with E-state index in [-0.39, 0.29) is 29.5 Å². The van der Waals surface area contributed by atoms with Crippen molar-refractivity contribution in [1.82, 2.24) is 15.1 Å². The van der Waals surface area contributed by atoms with Gasteiger partial charge in [0.25, 0.3) is 5.56 Å². The number of nitrogens with two attached hydrogens (primary N) is 1. The van der Waals surface area contributed by atoms with Crippen LogP contribution in [0.3, 0.4) is 0 Å². The summed E-state index contributed by atoms with van der Waals surface area (Å²) in [5.74, 6) is 1.24. The van der Waals surface area contributed by atoms with Crippen molar-refractivity contribution in [3.05, 3.63) is 50.9 Å². The summed E-state index contributed by atoms with van der Waals surface area (Å²) in [5, 5.41) is 10.6. The number of aromatic nitrogens is 2. The molecule has 174 valence electrons. The molecule has 0 saturated heterocycles. The van der Waals surface area contributed by atoms with Gasteiger partial charge in [0, 0.05) is 18.3 Å². The number of hydrogen-bond donors (Lipinski definition) is 3. The molecule has 0 spiro atoms. The maximum atomic E-state index is 12.8. The fourth-order valence-electron chi connectivity index (χ4n) is 4.52. The van der Waals surface area contributed by atoms with Crippen molar-refractivity contribution in [2.45, 2.75) is 60.2 Å². The van der Waals surface area contributed by atoms with Gasteiger partial charge >= 0.3 is 0 Å². The lowest BCUT2D eigenvalue weighted by Crippen LogP contribution is -2.48. The van der Waals surface area contributed by atoms with Crippen LogP contribution in [0.15, 0.2) is 39.7 Å². The van der Waals surface area contributed by atoms with Gasteiger partial charge in [0.15, 0.2) is 0 Å². The van der Waals surface area contributed by atoms with E-state index in [1.54, 1.807) is 12.3 Å². The number of nitrogens with one attached hydrogen (secondary N) is 2. The number of halogens is 1. The van der Waals surface area contributed by atoms with E-state index in [9.17, 15) is 9.59 Å². The summed E-state index contributed by atoms with van der Waals surface area (Å²) in [5.41, 5.74) is 7.95. The van der Waals surface area contributed by atoms with Crippen molar-refractivity contribution in [3.8, 4) is 0 Å². The number of para-hydroxylation sites is 1. The first-order chi connectivity index (χ1) is 15.0. The molecule has 1 aliphatic rings. The lowest BCUT2D eigenvalue weighted by atomic mass is 9.58. The second-order valence-corrected chi connectivity index (χ2v) is 10.5. The molecule has 4 N–H and O–H groups in total. The summed E-state index contributed by atoms with van der Waals surface area (Å²) >= 11 is 3.42. The quantitative estimate of drug-likeness (QED) is 0.516. The van der Waals surface area contributed by atoms with Gasteiger partial charge in [-0.05, 0) is 57.1 Å². The van der Waals surface area contributed by atoms with Gasteiger partial charge < -0.3 is 16.4 Å². The molecule has 0 radical (unpaired) electrons. The minimum atomic E-state index is -0.339. The summed E-state index contributed by atoms with van der Waals surface area (Å²) in [6.45, 7) is 11.7. The third-order valence-electron chi connectivity index (χ3n) is 7.62. The van der Waals surface area contributed by atoms with Crippen LogP contribution in [0.1, 0.15) is 46.6 Å². The number of benzene rings is 1. The van der Waals surface area contributed by atoms with Gasteiger partial charge in [0.2, 0.25) is 5.91 Å². The molecular formula is C24H34BrN5O2. The van der Waals surface area contributed by atoms with E-state index in [0.717, 1.165) is 16.7 Å². The van der Waals surface area contributed by atoms with Crippen LogP contribution in [0.4, 0.5) is 11.4 Å². The van der Waals surface area contributed by atoms with E-state index in [2.05, 4.69) is 66.3 Å². The number of carbonyl (C=O) groups excluding carboxylic acids is 1. The van der Waals surface area contributed by atoms with Gasteiger partial charge in [-0.15, -0.1) is 0 Å². The van der Waals surface area contributed by atoms with Crippen LogP contribution >= 0.6 is 15.9 Å². The lowest BCUT2D eigenvalue weighted by Gasteiger charge is -2.50. The second-order valence-electron chi connectivity index (χ2n) is 9.67. The zero-order chi connectivity index (χ0) is 23.6. The maximum absolute atomic E-state index is 12.8. The monoisotopic (exact) mass is 503 g/mol. The standard InChI is InChI=1S/C24H34BrN5O2/c1-14-10-19(15(2)16(3)24(14,4)5)29-20-12-28-30(23(32)22(20)25)13-21(31)27-11-17-8-6-7-9-18(17)26/h6-9,12,14-16,19,29H,10-11,13,26H2,1-5H3,(H,27,31)/t14-,15+,16+,19+/m0/s1. The summed E-state index contributed by atoms with van der Waals surface area (Å²) in [6.07, 6.45) is 2.65. The molecule has 1 aromatic carbocycles. The molecule has 1 amide bonds. The number of rotatable bonds is 6. The van der Waals surface area contributed by atoms with E-state index in [4.69, 9.17) is 5.73 Å². The van der Waals surface area contributed by atoms with Crippen molar-refractivity contribution in [2.24, 2.45) is 23.2 Å². The average molecular weight is 504 g/mol. The number of nitrogens with zero attached hydrogens (tertiary/aromatic N) is 2. The molecule has 1 heterocycles. The SMILES string of the molecule is C[C@@H]1[C@@H](C)C(C)(C)[C@@H](C)C[C@H]1Nc1cnn(CC(=O)NCc2ccccc2N)c(=O)c1Br. The topological polar surface area (TPSA) is 102 Å². The third kappa shape index (κ3) is 5.00. The Labute approximate surface area is 198 Å². The van der Waals surface area contributed by atoms with E-state index < -0.39 is 0 Å². The average Bonchev–Trinajstić information content (AvgIpc) is 2.75. The largest absolute Gasteiger partial charge is 0.398 e. The van der Waals surface area contributed by atoms with Gasteiger partial charge in [-0.2, -0.15) is 5.10 Å². The molecule has 32 heavy (non-hydrogen) atoms. The number of amides is 1. The highest BCUT2D eigenvalue weighted by Gasteiger charge is 2.43. The molecule has 0 aliphatic heterocycles. The lowest BCUT2D eigenvalue weighted by molar-refractivity contribution is -0.122. The Morgan fingerprint density at radius 2 is 1.97 bits per heavy atom. The van der Waals surface area contributed by atoms with Gasteiger partial charge in [-0.25, -0.2) is 4.68 Å². The highest BCUT2D eigenvalue weighted by molar-refractivity contribution is 9.10. The predicted octanol–water partition coefficient (Wildman–Crippen LogP) is 4.02. The van der Waals surface area contributed by atoms with Gasteiger partial charge in [0.05, 0.1) is 11.9 Å². The van der Waals surface area contributed by atoms with Crippen molar-refractivity contribution in [1.29, 1.82) is 0 Å². The van der Waals surface area contributed by atoms with Crippen LogP contribution in [0.2, 0.25) is 0 Å². The second kappa shape index (κ2) is 9.65. The van der Waals surface area contributed by atoms with E-state index >= 15 is 0 Å². The van der Waals surface area contributed by atoms with Gasteiger partial charge in [0.1, 0.15) is 11.0 Å². The fourth-order valence-corrected chi connectivity index (χ4v) is 4.94. The molecular weight excluding hydrogens is 470 g/mol. The van der Waals surface area contributed by atoms with E-state index in [0.29, 0.717) is 40.1 Å². The molecule has 1 aromatic heterocycles. The van der Waals surface area contributed by atoms with Crippen molar-refractivity contribution in [3.63, 3.8) is 0 Å². The van der Waals surface area contributed by atoms with Gasteiger partial charge in [-0.3, -0.25) is 9.59 Å². The van der Waals surface area contributed by atoms with Crippen molar-refractivity contribution < 1.29 is 4.79 Å².